The Morgan fingerprint density at radius 3 is 2.69 bits per heavy atom. The van der Waals surface area contributed by atoms with Crippen LogP contribution in [0.2, 0.25) is 0 Å². The largest absolute Gasteiger partial charge is 0.487 e. The highest BCUT2D eigenvalue weighted by molar-refractivity contribution is 5.96. The van der Waals surface area contributed by atoms with Crippen LogP contribution in [-0.4, -0.2) is 25.1 Å². The van der Waals surface area contributed by atoms with E-state index in [1.54, 1.807) is 6.20 Å². The van der Waals surface area contributed by atoms with Crippen molar-refractivity contribution in [3.8, 4) is 28.3 Å². The van der Waals surface area contributed by atoms with Crippen molar-refractivity contribution in [3.05, 3.63) is 138 Å². The Morgan fingerprint density at radius 1 is 0.872 bits per heavy atom. The molecule has 1 aliphatic rings. The molecule has 39 heavy (non-hydrogen) atoms. The Balaban J connectivity index is 1.23. The standard InChI is InChI=1S/C33H23N5O/c1-2-8-22(9-3-1)21-39-25-16-24(19-34-20-25)23-13-14-31-28(17-23)33(38-37-31)32-18-27-26(29-11-6-7-15-35-29)10-4-5-12-30(27)36-32/h1-4,6-20,36H,21H2,(H,37,38). The molecule has 2 N–H and O–H groups in total. The SMILES string of the molecule is C1=CC=C(c2ccccn2)c2cc(-c3n[nH]c4ccc(-c5cncc(OCc6ccccc6)c5)cc34)[nH]c2C=1. The Labute approximate surface area is 225 Å². The fourth-order valence-electron chi connectivity index (χ4n) is 4.83. The van der Waals surface area contributed by atoms with E-state index in [2.05, 4.69) is 55.1 Å². The van der Waals surface area contributed by atoms with Crippen LogP contribution in [0.1, 0.15) is 22.5 Å². The van der Waals surface area contributed by atoms with Crippen LogP contribution >= 0.6 is 0 Å². The molecule has 2 aromatic carbocycles. The van der Waals surface area contributed by atoms with Gasteiger partial charge in [-0.25, -0.2) is 0 Å². The van der Waals surface area contributed by atoms with E-state index in [9.17, 15) is 0 Å². The Bertz CT molecular complexity index is 1890. The molecular weight excluding hydrogens is 482 g/mol. The average molecular weight is 506 g/mol. The maximum atomic E-state index is 6.01. The van der Waals surface area contributed by atoms with E-state index >= 15 is 0 Å². The van der Waals surface area contributed by atoms with Gasteiger partial charge in [0, 0.05) is 40.6 Å². The molecule has 0 saturated heterocycles. The van der Waals surface area contributed by atoms with E-state index in [0.29, 0.717) is 6.61 Å². The van der Waals surface area contributed by atoms with Crippen molar-refractivity contribution in [2.75, 3.05) is 0 Å². The monoisotopic (exact) mass is 505 g/mol. The van der Waals surface area contributed by atoms with Crippen LogP contribution in [-0.2, 0) is 6.61 Å². The highest BCUT2D eigenvalue weighted by Crippen LogP contribution is 2.35. The van der Waals surface area contributed by atoms with Gasteiger partial charge in [-0.2, -0.15) is 5.10 Å². The van der Waals surface area contributed by atoms with Crippen LogP contribution in [0.3, 0.4) is 0 Å². The molecule has 0 spiro atoms. The minimum absolute atomic E-state index is 0.493. The minimum atomic E-state index is 0.493. The van der Waals surface area contributed by atoms with Gasteiger partial charge < -0.3 is 9.72 Å². The molecular formula is C33H23N5O. The number of benzene rings is 2. The van der Waals surface area contributed by atoms with Gasteiger partial charge in [-0.15, -0.1) is 5.73 Å². The number of H-pyrrole nitrogens is 2. The number of aromatic nitrogens is 5. The normalized spacial score (nSPS) is 12.3. The number of rotatable bonds is 6. The lowest BCUT2D eigenvalue weighted by atomic mass is 10.0. The van der Waals surface area contributed by atoms with Gasteiger partial charge in [-0.3, -0.25) is 15.1 Å². The van der Waals surface area contributed by atoms with Crippen LogP contribution in [0.5, 0.6) is 5.75 Å². The third-order valence-corrected chi connectivity index (χ3v) is 6.77. The number of ether oxygens (including phenoxy) is 1. The number of fused-ring (bicyclic) bond motifs is 2. The third kappa shape index (κ3) is 4.46. The Morgan fingerprint density at radius 2 is 1.79 bits per heavy atom. The summed E-state index contributed by atoms with van der Waals surface area (Å²) in [4.78, 5) is 12.5. The van der Waals surface area contributed by atoms with Crippen molar-refractivity contribution >= 4 is 22.6 Å². The molecule has 6 nitrogen and oxygen atoms in total. The van der Waals surface area contributed by atoms with Crippen molar-refractivity contribution < 1.29 is 4.74 Å². The van der Waals surface area contributed by atoms with Crippen LogP contribution in [0.15, 0.2) is 115 Å². The summed E-state index contributed by atoms with van der Waals surface area (Å²) in [5.74, 6) is 0.727. The molecule has 7 rings (SSSR count). The molecule has 0 unspecified atom stereocenters. The first-order valence-corrected chi connectivity index (χ1v) is 12.7. The van der Waals surface area contributed by atoms with E-state index in [1.807, 2.05) is 85.2 Å². The van der Waals surface area contributed by atoms with E-state index in [1.165, 1.54) is 0 Å². The van der Waals surface area contributed by atoms with Gasteiger partial charge in [0.1, 0.15) is 18.1 Å². The summed E-state index contributed by atoms with van der Waals surface area (Å²) in [6, 6.07) is 26.5. The number of hydrogen-bond acceptors (Lipinski definition) is 4. The van der Waals surface area contributed by atoms with E-state index in [-0.39, 0.29) is 0 Å². The summed E-state index contributed by atoms with van der Waals surface area (Å²) in [6.07, 6.45) is 11.3. The molecule has 0 aliphatic heterocycles. The van der Waals surface area contributed by atoms with E-state index < -0.39 is 0 Å². The predicted molar refractivity (Wildman–Crippen MR) is 154 cm³/mol. The number of hydrogen-bond donors (Lipinski definition) is 2. The second kappa shape index (κ2) is 9.78. The molecule has 1 aliphatic carbocycles. The van der Waals surface area contributed by atoms with Crippen molar-refractivity contribution in [1.82, 2.24) is 25.1 Å². The lowest BCUT2D eigenvalue weighted by Gasteiger charge is -2.08. The first-order valence-electron chi connectivity index (χ1n) is 12.7. The van der Waals surface area contributed by atoms with Crippen molar-refractivity contribution in [3.63, 3.8) is 0 Å². The molecule has 0 atom stereocenters. The summed E-state index contributed by atoms with van der Waals surface area (Å²) < 4.78 is 6.01. The number of pyridine rings is 2. The zero-order chi connectivity index (χ0) is 26.0. The molecule has 6 heteroatoms. The van der Waals surface area contributed by atoms with Crippen LogP contribution < -0.4 is 4.74 Å². The number of nitrogens with one attached hydrogen (secondary N) is 2. The lowest BCUT2D eigenvalue weighted by Crippen LogP contribution is -1.95. The quantitative estimate of drug-likeness (QED) is 0.235. The fourth-order valence-corrected chi connectivity index (χ4v) is 4.83. The van der Waals surface area contributed by atoms with E-state index in [4.69, 9.17) is 4.74 Å². The van der Waals surface area contributed by atoms with Crippen LogP contribution in [0.4, 0.5) is 0 Å². The molecule has 6 aromatic rings. The lowest BCUT2D eigenvalue weighted by molar-refractivity contribution is 0.305. The van der Waals surface area contributed by atoms with Gasteiger partial charge in [0.2, 0.25) is 0 Å². The third-order valence-electron chi connectivity index (χ3n) is 6.77. The maximum Gasteiger partial charge on any atom is 0.138 e. The molecule has 0 radical (unpaired) electrons. The Kier molecular flexibility index (Phi) is 5.70. The van der Waals surface area contributed by atoms with Gasteiger partial charge in [-0.1, -0.05) is 42.5 Å². The van der Waals surface area contributed by atoms with Crippen LogP contribution in [0, 0.1) is 0 Å². The fraction of sp³-hybridized carbons (Fsp3) is 0.0303. The van der Waals surface area contributed by atoms with Crippen molar-refractivity contribution in [2.24, 2.45) is 0 Å². The zero-order valence-corrected chi connectivity index (χ0v) is 20.9. The first-order chi connectivity index (χ1) is 19.3. The molecule has 4 heterocycles. The molecule has 0 saturated carbocycles. The summed E-state index contributed by atoms with van der Waals surface area (Å²) in [5.41, 5.74) is 13.0. The van der Waals surface area contributed by atoms with Gasteiger partial charge in [0.15, 0.2) is 0 Å². The Hall–Kier alpha value is -5.45. The summed E-state index contributed by atoms with van der Waals surface area (Å²) in [7, 11) is 0. The van der Waals surface area contributed by atoms with Gasteiger partial charge in [0.05, 0.1) is 28.8 Å². The molecule has 4 aromatic heterocycles. The zero-order valence-electron chi connectivity index (χ0n) is 20.9. The second-order valence-electron chi connectivity index (χ2n) is 9.30. The topological polar surface area (TPSA) is 79.5 Å². The molecule has 186 valence electrons. The highest BCUT2D eigenvalue weighted by Gasteiger charge is 2.18. The molecule has 0 amide bonds. The number of aromatic amines is 2. The highest BCUT2D eigenvalue weighted by atomic mass is 16.5. The molecule has 0 fully saturated rings. The maximum absolute atomic E-state index is 6.01. The minimum Gasteiger partial charge on any atom is -0.487 e. The predicted octanol–water partition coefficient (Wildman–Crippen LogP) is 7.21. The van der Waals surface area contributed by atoms with Crippen molar-refractivity contribution in [2.45, 2.75) is 6.61 Å². The van der Waals surface area contributed by atoms with Crippen LogP contribution in [0.25, 0.3) is 45.1 Å². The van der Waals surface area contributed by atoms with Gasteiger partial charge in [0.25, 0.3) is 0 Å². The van der Waals surface area contributed by atoms with Gasteiger partial charge >= 0.3 is 0 Å². The van der Waals surface area contributed by atoms with E-state index in [0.717, 1.165) is 67.3 Å². The number of allylic oxidation sites excluding steroid dienone is 2. The first kappa shape index (κ1) is 22.7. The average Bonchev–Trinajstić information content (AvgIpc) is 3.56. The van der Waals surface area contributed by atoms with Crippen molar-refractivity contribution in [1.29, 1.82) is 0 Å². The van der Waals surface area contributed by atoms with Gasteiger partial charge in [-0.05, 0) is 59.7 Å². The summed E-state index contributed by atoms with van der Waals surface area (Å²) in [5, 5.41) is 8.87. The smallest absolute Gasteiger partial charge is 0.138 e. The molecule has 0 bridgehead atoms. The summed E-state index contributed by atoms with van der Waals surface area (Å²) in [6.45, 7) is 0.493. The summed E-state index contributed by atoms with van der Waals surface area (Å²) >= 11 is 0. The number of nitrogens with zero attached hydrogens (tertiary/aromatic N) is 3. The second-order valence-corrected chi connectivity index (χ2v) is 9.30.